The predicted octanol–water partition coefficient (Wildman–Crippen LogP) is 4.22. The zero-order valence-electron chi connectivity index (χ0n) is 13.4. The van der Waals surface area contributed by atoms with Gasteiger partial charge >= 0.3 is 5.97 Å². The van der Waals surface area contributed by atoms with Crippen LogP contribution in [-0.4, -0.2) is 18.2 Å². The zero-order valence-corrected chi connectivity index (χ0v) is 13.4. The van der Waals surface area contributed by atoms with Crippen LogP contribution in [0.1, 0.15) is 39.9 Å². The highest BCUT2D eigenvalue weighted by Crippen LogP contribution is 2.51. The lowest BCUT2D eigenvalue weighted by Gasteiger charge is -2.38. The van der Waals surface area contributed by atoms with Crippen molar-refractivity contribution in [1.29, 1.82) is 0 Å². The molecule has 0 spiro atoms. The van der Waals surface area contributed by atoms with Crippen LogP contribution in [0, 0.1) is 5.92 Å². The first-order valence-electron chi connectivity index (χ1n) is 8.12. The van der Waals surface area contributed by atoms with Crippen molar-refractivity contribution in [3.8, 4) is 5.75 Å². The van der Waals surface area contributed by atoms with Crippen LogP contribution >= 0.6 is 0 Å². The largest absolute Gasteiger partial charge is 0.496 e. The third-order valence-corrected chi connectivity index (χ3v) is 5.08. The molecule has 0 bridgehead atoms. The molecule has 2 aromatic rings. The van der Waals surface area contributed by atoms with Crippen molar-refractivity contribution in [1.82, 2.24) is 0 Å². The van der Waals surface area contributed by atoms with Crippen LogP contribution < -0.4 is 10.1 Å². The van der Waals surface area contributed by atoms with Gasteiger partial charge in [0.25, 0.3) is 0 Å². The number of nitrogens with one attached hydrogen (secondary N) is 1. The Morgan fingerprint density at radius 2 is 2.04 bits per heavy atom. The van der Waals surface area contributed by atoms with E-state index in [1.165, 1.54) is 0 Å². The maximum Gasteiger partial charge on any atom is 0.335 e. The number of aromatic carboxylic acids is 1. The highest BCUT2D eigenvalue weighted by Gasteiger charge is 2.39. The van der Waals surface area contributed by atoms with E-state index in [0.717, 1.165) is 29.0 Å². The minimum atomic E-state index is -0.886. The number of methoxy groups -OCH3 is 1. The number of carboxylic acid groups (broad SMARTS) is 1. The first kappa shape index (κ1) is 14.8. The Kier molecular flexibility index (Phi) is 3.53. The Hall–Kier alpha value is -2.75. The molecule has 0 saturated carbocycles. The first-order valence-corrected chi connectivity index (χ1v) is 8.12. The molecule has 2 aliphatic rings. The van der Waals surface area contributed by atoms with Crippen molar-refractivity contribution < 1.29 is 14.6 Å². The van der Waals surface area contributed by atoms with Crippen LogP contribution in [0.4, 0.5) is 5.69 Å². The number of allylic oxidation sites excluding steroid dienone is 2. The number of carboxylic acids is 1. The fourth-order valence-corrected chi connectivity index (χ4v) is 3.96. The van der Waals surface area contributed by atoms with E-state index in [-0.39, 0.29) is 12.0 Å². The molecule has 4 nitrogen and oxygen atoms in total. The van der Waals surface area contributed by atoms with Gasteiger partial charge in [-0.05, 0) is 42.2 Å². The summed E-state index contributed by atoms with van der Waals surface area (Å²) >= 11 is 0. The topological polar surface area (TPSA) is 58.6 Å². The van der Waals surface area contributed by atoms with Crippen LogP contribution in [0.25, 0.3) is 0 Å². The van der Waals surface area contributed by atoms with Gasteiger partial charge in [0.2, 0.25) is 0 Å². The fourth-order valence-electron chi connectivity index (χ4n) is 3.96. The van der Waals surface area contributed by atoms with Gasteiger partial charge in [0.05, 0.1) is 18.7 Å². The van der Waals surface area contributed by atoms with Crippen molar-refractivity contribution in [2.75, 3.05) is 12.4 Å². The van der Waals surface area contributed by atoms with Gasteiger partial charge in [-0.2, -0.15) is 0 Å². The third-order valence-electron chi connectivity index (χ3n) is 5.08. The van der Waals surface area contributed by atoms with E-state index >= 15 is 0 Å². The summed E-state index contributed by atoms with van der Waals surface area (Å²) in [6.07, 6.45) is 5.37. The summed E-state index contributed by atoms with van der Waals surface area (Å²) in [5, 5.41) is 12.9. The van der Waals surface area contributed by atoms with Crippen LogP contribution in [0.15, 0.2) is 54.6 Å². The molecule has 3 atom stereocenters. The van der Waals surface area contributed by atoms with E-state index in [0.29, 0.717) is 11.5 Å². The van der Waals surface area contributed by atoms with Crippen molar-refractivity contribution >= 4 is 11.7 Å². The lowest BCUT2D eigenvalue weighted by molar-refractivity contribution is 0.0696. The smallest absolute Gasteiger partial charge is 0.335 e. The molecule has 122 valence electrons. The molecule has 0 amide bonds. The highest BCUT2D eigenvalue weighted by atomic mass is 16.5. The summed E-state index contributed by atoms with van der Waals surface area (Å²) in [6, 6.07) is 13.6. The van der Waals surface area contributed by atoms with Gasteiger partial charge in [0.1, 0.15) is 5.75 Å². The number of hydrogen-bond donors (Lipinski definition) is 2. The molecule has 2 N–H and O–H groups in total. The normalized spacial score (nSPS) is 24.0. The summed E-state index contributed by atoms with van der Waals surface area (Å²) in [7, 11) is 1.69. The number of benzene rings is 2. The van der Waals surface area contributed by atoms with Gasteiger partial charge in [0, 0.05) is 17.2 Å². The zero-order chi connectivity index (χ0) is 16.7. The first-order chi connectivity index (χ1) is 11.7. The van der Waals surface area contributed by atoms with E-state index in [2.05, 4.69) is 23.5 Å². The van der Waals surface area contributed by atoms with Crippen molar-refractivity contribution in [2.24, 2.45) is 5.92 Å². The van der Waals surface area contributed by atoms with Crippen LogP contribution in [0.2, 0.25) is 0 Å². The molecule has 1 aliphatic carbocycles. The van der Waals surface area contributed by atoms with Crippen molar-refractivity contribution in [2.45, 2.75) is 18.4 Å². The standard InChI is InChI=1S/C20H19NO3/c1-24-18-8-3-2-5-15(18)19-14-7-4-6-13(14)16-11-12(20(22)23)9-10-17(16)21-19/h2-6,8-11,13-14,19,21H,7H2,1H3,(H,22,23)/t13-,14+,19+/m0/s1. The number of hydrogen-bond acceptors (Lipinski definition) is 3. The molecule has 4 heteroatoms. The summed E-state index contributed by atoms with van der Waals surface area (Å²) in [6.45, 7) is 0. The Bertz CT molecular complexity index is 827. The summed E-state index contributed by atoms with van der Waals surface area (Å²) in [4.78, 5) is 11.3. The van der Waals surface area contributed by atoms with E-state index in [4.69, 9.17) is 4.74 Å². The van der Waals surface area contributed by atoms with Crippen LogP contribution in [-0.2, 0) is 0 Å². The molecule has 1 heterocycles. The lowest BCUT2D eigenvalue weighted by atomic mass is 9.76. The Morgan fingerprint density at radius 1 is 1.21 bits per heavy atom. The SMILES string of the molecule is COc1ccccc1[C@@H]1Nc2ccc(C(=O)O)cc2[C@H]2C=CC[C@H]21. The molecule has 24 heavy (non-hydrogen) atoms. The monoisotopic (exact) mass is 321 g/mol. The van der Waals surface area contributed by atoms with Gasteiger partial charge in [-0.15, -0.1) is 0 Å². The lowest BCUT2D eigenvalue weighted by Crippen LogP contribution is -2.29. The predicted molar refractivity (Wildman–Crippen MR) is 92.7 cm³/mol. The molecule has 0 saturated heterocycles. The van der Waals surface area contributed by atoms with E-state index in [9.17, 15) is 9.90 Å². The Morgan fingerprint density at radius 3 is 2.83 bits per heavy atom. The Labute approximate surface area is 140 Å². The van der Waals surface area contributed by atoms with E-state index in [1.807, 2.05) is 24.3 Å². The molecule has 0 fully saturated rings. The molecule has 0 aromatic heterocycles. The number of fused-ring (bicyclic) bond motifs is 3. The number of para-hydroxylation sites is 1. The molecule has 2 aromatic carbocycles. The van der Waals surface area contributed by atoms with Crippen molar-refractivity contribution in [3.05, 3.63) is 71.3 Å². The third kappa shape index (κ3) is 2.26. The highest BCUT2D eigenvalue weighted by molar-refractivity contribution is 5.89. The van der Waals surface area contributed by atoms with Gasteiger partial charge in [0.15, 0.2) is 0 Å². The van der Waals surface area contributed by atoms with E-state index < -0.39 is 5.97 Å². The maximum absolute atomic E-state index is 11.3. The van der Waals surface area contributed by atoms with Gasteiger partial charge in [-0.3, -0.25) is 0 Å². The van der Waals surface area contributed by atoms with Gasteiger partial charge < -0.3 is 15.2 Å². The fraction of sp³-hybridized carbons (Fsp3) is 0.250. The number of rotatable bonds is 3. The maximum atomic E-state index is 11.3. The van der Waals surface area contributed by atoms with Crippen LogP contribution in [0.5, 0.6) is 5.75 Å². The summed E-state index contributed by atoms with van der Waals surface area (Å²) < 4.78 is 5.55. The molecule has 0 radical (unpaired) electrons. The minimum Gasteiger partial charge on any atom is -0.496 e. The minimum absolute atomic E-state index is 0.143. The summed E-state index contributed by atoms with van der Waals surface area (Å²) in [5.41, 5.74) is 3.56. The summed E-state index contributed by atoms with van der Waals surface area (Å²) in [5.74, 6) is 0.586. The van der Waals surface area contributed by atoms with Gasteiger partial charge in [-0.25, -0.2) is 4.79 Å². The molecule has 0 unspecified atom stereocenters. The number of ether oxygens (including phenoxy) is 1. The second kappa shape index (κ2) is 5.71. The average Bonchev–Trinajstić information content (AvgIpc) is 3.10. The van der Waals surface area contributed by atoms with E-state index in [1.54, 1.807) is 19.2 Å². The van der Waals surface area contributed by atoms with Gasteiger partial charge in [-0.1, -0.05) is 30.4 Å². The quantitative estimate of drug-likeness (QED) is 0.831. The molecule has 1 aliphatic heterocycles. The second-order valence-corrected chi connectivity index (χ2v) is 6.32. The molecular weight excluding hydrogens is 302 g/mol. The number of carbonyl (C=O) groups is 1. The van der Waals surface area contributed by atoms with Crippen LogP contribution in [0.3, 0.4) is 0 Å². The molecular formula is C20H19NO3. The Balaban J connectivity index is 1.80. The average molecular weight is 321 g/mol. The second-order valence-electron chi connectivity index (χ2n) is 6.32. The molecule has 4 rings (SSSR count). The number of anilines is 1. The van der Waals surface area contributed by atoms with Crippen molar-refractivity contribution in [3.63, 3.8) is 0 Å².